The molecule has 148 valence electrons. The van der Waals surface area contributed by atoms with Crippen molar-refractivity contribution in [2.45, 2.75) is 38.1 Å². The van der Waals surface area contributed by atoms with Crippen LogP contribution in [0.4, 0.5) is 5.69 Å². The highest BCUT2D eigenvalue weighted by Crippen LogP contribution is 2.41. The molecular weight excluding hydrogens is 374 g/mol. The maximum absolute atomic E-state index is 12.5. The molecule has 5 nitrogen and oxygen atoms in total. The summed E-state index contributed by atoms with van der Waals surface area (Å²) in [6.07, 6.45) is 6.92. The summed E-state index contributed by atoms with van der Waals surface area (Å²) in [5.41, 5.74) is 1.69. The lowest BCUT2D eigenvalue weighted by Gasteiger charge is -2.40. The Morgan fingerprint density at radius 2 is 2.18 bits per heavy atom. The molecule has 0 radical (unpaired) electrons. The van der Waals surface area contributed by atoms with E-state index < -0.39 is 0 Å². The van der Waals surface area contributed by atoms with Gasteiger partial charge in [0.15, 0.2) is 0 Å². The Bertz CT molecular complexity index is 816. The van der Waals surface area contributed by atoms with Crippen LogP contribution < -0.4 is 10.2 Å². The summed E-state index contributed by atoms with van der Waals surface area (Å²) in [4.78, 5) is 18.9. The van der Waals surface area contributed by atoms with Gasteiger partial charge >= 0.3 is 0 Å². The molecule has 0 unspecified atom stereocenters. The predicted octanol–water partition coefficient (Wildman–Crippen LogP) is 4.28. The normalized spacial score (nSPS) is 25.3. The smallest absolute Gasteiger partial charge is 0.270 e. The SMILES string of the molecule is O=C(N[C@H]1CCC[C@]2(CCN(c3cccc(Cl)c3)COC2)C1)c1ccccn1. The van der Waals surface area contributed by atoms with E-state index in [-0.39, 0.29) is 17.4 Å². The van der Waals surface area contributed by atoms with Crippen molar-refractivity contribution in [3.63, 3.8) is 0 Å². The molecule has 2 aliphatic rings. The standard InChI is InChI=1S/C22H26ClN3O2/c23-17-5-3-7-19(13-17)26-12-10-22(15-28-16-26)9-4-6-18(14-22)25-21(27)20-8-1-2-11-24-20/h1-3,5,7-8,11,13,18H,4,6,9-10,12,14-16H2,(H,25,27)/t18-,22-/m0/s1. The summed E-state index contributed by atoms with van der Waals surface area (Å²) in [5, 5.41) is 3.93. The highest BCUT2D eigenvalue weighted by molar-refractivity contribution is 6.30. The lowest BCUT2D eigenvalue weighted by atomic mass is 9.70. The molecule has 1 aliphatic carbocycles. The Kier molecular flexibility index (Phi) is 5.83. The summed E-state index contributed by atoms with van der Waals surface area (Å²) in [5.74, 6) is -0.0854. The molecule has 1 spiro atoms. The van der Waals surface area contributed by atoms with Crippen molar-refractivity contribution >= 4 is 23.2 Å². The van der Waals surface area contributed by atoms with Crippen molar-refractivity contribution in [2.75, 3.05) is 24.8 Å². The molecule has 2 aromatic rings. The number of ether oxygens (including phenoxy) is 1. The monoisotopic (exact) mass is 399 g/mol. The fraction of sp³-hybridized carbons (Fsp3) is 0.455. The summed E-state index contributed by atoms with van der Waals surface area (Å²) in [6.45, 7) is 2.24. The molecule has 1 amide bonds. The number of pyridine rings is 1. The first-order valence-electron chi connectivity index (χ1n) is 9.94. The fourth-order valence-corrected chi connectivity index (χ4v) is 4.63. The molecule has 1 N–H and O–H groups in total. The Morgan fingerprint density at radius 3 is 3.00 bits per heavy atom. The molecule has 0 bridgehead atoms. The van der Waals surface area contributed by atoms with Crippen LogP contribution >= 0.6 is 11.6 Å². The number of anilines is 1. The second-order valence-electron chi connectivity index (χ2n) is 7.95. The van der Waals surface area contributed by atoms with Crippen molar-refractivity contribution in [1.29, 1.82) is 0 Å². The fourth-order valence-electron chi connectivity index (χ4n) is 4.45. The lowest BCUT2D eigenvalue weighted by Crippen LogP contribution is -2.44. The van der Waals surface area contributed by atoms with Crippen LogP contribution in [0.15, 0.2) is 48.7 Å². The van der Waals surface area contributed by atoms with Crippen LogP contribution in [0.25, 0.3) is 0 Å². The van der Waals surface area contributed by atoms with E-state index in [1.807, 2.05) is 30.3 Å². The number of carbonyl (C=O) groups excluding carboxylic acids is 1. The quantitative estimate of drug-likeness (QED) is 0.837. The number of hydrogen-bond donors (Lipinski definition) is 1. The van der Waals surface area contributed by atoms with Gasteiger partial charge in [-0.25, -0.2) is 0 Å². The van der Waals surface area contributed by atoms with Gasteiger partial charge in [-0.15, -0.1) is 0 Å². The van der Waals surface area contributed by atoms with Crippen LogP contribution in [0.2, 0.25) is 5.02 Å². The minimum atomic E-state index is -0.0854. The number of nitrogens with zero attached hydrogens (tertiary/aromatic N) is 2. The van der Waals surface area contributed by atoms with Crippen molar-refractivity contribution < 1.29 is 9.53 Å². The predicted molar refractivity (Wildman–Crippen MR) is 111 cm³/mol. The van der Waals surface area contributed by atoms with Crippen molar-refractivity contribution in [1.82, 2.24) is 10.3 Å². The van der Waals surface area contributed by atoms with Gasteiger partial charge in [-0.3, -0.25) is 9.78 Å². The largest absolute Gasteiger partial charge is 0.361 e. The molecule has 1 aliphatic heterocycles. The van der Waals surface area contributed by atoms with Crippen molar-refractivity contribution in [2.24, 2.45) is 5.41 Å². The number of nitrogens with one attached hydrogen (secondary N) is 1. The summed E-state index contributed by atoms with van der Waals surface area (Å²) >= 11 is 6.15. The van der Waals surface area contributed by atoms with Crippen LogP contribution in [-0.4, -0.2) is 36.8 Å². The maximum atomic E-state index is 12.5. The molecule has 28 heavy (non-hydrogen) atoms. The first kappa shape index (κ1) is 19.2. The molecule has 1 aromatic carbocycles. The number of halogens is 1. The van der Waals surface area contributed by atoms with E-state index in [9.17, 15) is 4.79 Å². The van der Waals surface area contributed by atoms with E-state index >= 15 is 0 Å². The van der Waals surface area contributed by atoms with Gasteiger partial charge in [0.25, 0.3) is 5.91 Å². The highest BCUT2D eigenvalue weighted by Gasteiger charge is 2.39. The van der Waals surface area contributed by atoms with Gasteiger partial charge in [-0.1, -0.05) is 30.2 Å². The minimum absolute atomic E-state index is 0.0854. The Hall–Kier alpha value is -2.11. The zero-order valence-corrected chi connectivity index (χ0v) is 16.7. The summed E-state index contributed by atoms with van der Waals surface area (Å²) < 4.78 is 6.09. The van der Waals surface area contributed by atoms with Gasteiger partial charge in [0.2, 0.25) is 0 Å². The van der Waals surface area contributed by atoms with Crippen LogP contribution in [0.5, 0.6) is 0 Å². The highest BCUT2D eigenvalue weighted by atomic mass is 35.5. The van der Waals surface area contributed by atoms with Crippen LogP contribution in [0.1, 0.15) is 42.6 Å². The number of hydrogen-bond acceptors (Lipinski definition) is 4. The summed E-state index contributed by atoms with van der Waals surface area (Å²) in [7, 11) is 0. The first-order chi connectivity index (χ1) is 13.6. The number of benzene rings is 1. The third-order valence-electron chi connectivity index (χ3n) is 5.91. The van der Waals surface area contributed by atoms with E-state index in [0.717, 1.165) is 56.0 Å². The Morgan fingerprint density at radius 1 is 1.25 bits per heavy atom. The second-order valence-corrected chi connectivity index (χ2v) is 8.39. The number of aromatic nitrogens is 1. The zero-order chi connectivity index (χ0) is 19.4. The van der Waals surface area contributed by atoms with Gasteiger partial charge in [0.05, 0.1) is 6.61 Å². The van der Waals surface area contributed by atoms with Crippen LogP contribution in [0.3, 0.4) is 0 Å². The molecule has 1 aromatic heterocycles. The average Bonchev–Trinajstić information content (AvgIpc) is 2.91. The second kappa shape index (κ2) is 8.50. The molecule has 2 atom stereocenters. The topological polar surface area (TPSA) is 54.5 Å². The first-order valence-corrected chi connectivity index (χ1v) is 10.3. The van der Waals surface area contributed by atoms with Gasteiger partial charge in [-0.05, 0) is 61.4 Å². The Labute approximate surface area is 171 Å². The maximum Gasteiger partial charge on any atom is 0.270 e. The molecule has 2 heterocycles. The number of rotatable bonds is 3. The molecule has 1 saturated heterocycles. The molecule has 6 heteroatoms. The number of carbonyl (C=O) groups is 1. The third kappa shape index (κ3) is 4.47. The molecule has 2 fully saturated rings. The minimum Gasteiger partial charge on any atom is -0.361 e. The average molecular weight is 400 g/mol. The van der Waals surface area contributed by atoms with Gasteiger partial charge in [0, 0.05) is 29.5 Å². The van der Waals surface area contributed by atoms with Crippen LogP contribution in [-0.2, 0) is 4.74 Å². The van der Waals surface area contributed by atoms with E-state index in [0.29, 0.717) is 12.4 Å². The van der Waals surface area contributed by atoms with Crippen molar-refractivity contribution in [3.8, 4) is 0 Å². The van der Waals surface area contributed by atoms with Crippen molar-refractivity contribution in [3.05, 3.63) is 59.4 Å². The van der Waals surface area contributed by atoms with E-state index in [1.54, 1.807) is 12.3 Å². The molecule has 1 saturated carbocycles. The van der Waals surface area contributed by atoms with Gasteiger partial charge in [-0.2, -0.15) is 0 Å². The zero-order valence-electron chi connectivity index (χ0n) is 15.9. The number of amides is 1. The third-order valence-corrected chi connectivity index (χ3v) is 6.15. The van der Waals surface area contributed by atoms with E-state index in [1.165, 1.54) is 0 Å². The summed E-state index contributed by atoms with van der Waals surface area (Å²) in [6, 6.07) is 13.5. The van der Waals surface area contributed by atoms with Gasteiger partial charge < -0.3 is 15.0 Å². The van der Waals surface area contributed by atoms with E-state index in [4.69, 9.17) is 16.3 Å². The molecular formula is C22H26ClN3O2. The Balaban J connectivity index is 1.40. The molecule has 4 rings (SSSR count). The van der Waals surface area contributed by atoms with Crippen LogP contribution in [0, 0.1) is 5.41 Å². The van der Waals surface area contributed by atoms with Gasteiger partial charge in [0.1, 0.15) is 12.4 Å². The lowest BCUT2D eigenvalue weighted by molar-refractivity contribution is 0.0261. The van der Waals surface area contributed by atoms with E-state index in [2.05, 4.69) is 21.3 Å².